The van der Waals surface area contributed by atoms with Crippen molar-refractivity contribution in [2.75, 3.05) is 6.61 Å². The van der Waals surface area contributed by atoms with E-state index in [1.807, 2.05) is 0 Å². The van der Waals surface area contributed by atoms with Crippen molar-refractivity contribution in [1.82, 2.24) is 0 Å². The van der Waals surface area contributed by atoms with E-state index in [4.69, 9.17) is 39.0 Å². The average molecular weight is 633 g/mol. The highest BCUT2D eigenvalue weighted by atomic mass is 35.7. The third kappa shape index (κ3) is 5.24. The van der Waals surface area contributed by atoms with E-state index in [2.05, 4.69) is 19.9 Å². The summed E-state index contributed by atoms with van der Waals surface area (Å²) < 4.78 is 57.7. The first-order valence-corrected chi connectivity index (χ1v) is 17.8. The molecule has 0 aromatic carbocycles. The minimum absolute atomic E-state index is 0.00821. The average Bonchev–Trinajstić information content (AvgIpc) is 3.52. The van der Waals surface area contributed by atoms with Crippen LogP contribution in [0.5, 0.6) is 0 Å². The van der Waals surface area contributed by atoms with Crippen LogP contribution in [0.3, 0.4) is 0 Å². The predicted molar refractivity (Wildman–Crippen MR) is 148 cm³/mol. The Morgan fingerprint density at radius 3 is 2.61 bits per heavy atom. The molecule has 1 saturated heterocycles. The van der Waals surface area contributed by atoms with E-state index in [-0.39, 0.29) is 32.2 Å². The van der Waals surface area contributed by atoms with Crippen molar-refractivity contribution >= 4 is 32.8 Å². The fourth-order valence-electron chi connectivity index (χ4n) is 8.85. The smallest absolute Gasteiger partial charge is 0.477 e. The Labute approximate surface area is 247 Å². The zero-order valence-electron chi connectivity index (χ0n) is 23.9. The molecule has 6 unspecified atom stereocenters. The number of hydrogen-bond acceptors (Lipinski definition) is 10. The van der Waals surface area contributed by atoms with Gasteiger partial charge in [-0.1, -0.05) is 25.5 Å². The summed E-state index contributed by atoms with van der Waals surface area (Å²) in [6.07, 6.45) is 7.31. The van der Waals surface area contributed by atoms with Gasteiger partial charge in [0.15, 0.2) is 17.7 Å². The van der Waals surface area contributed by atoms with Crippen molar-refractivity contribution in [3.05, 3.63) is 23.2 Å². The van der Waals surface area contributed by atoms with Gasteiger partial charge in [0.25, 0.3) is 5.76 Å². The molecule has 6 aliphatic rings. The van der Waals surface area contributed by atoms with E-state index < -0.39 is 48.5 Å². The number of carbonyl (C=O) groups excluding carboxylic acids is 1. The van der Waals surface area contributed by atoms with Crippen LogP contribution in [0.15, 0.2) is 23.2 Å². The highest BCUT2D eigenvalue weighted by Gasteiger charge is 2.60. The number of fused-ring (bicyclic) bond motifs is 5. The van der Waals surface area contributed by atoms with E-state index in [1.54, 1.807) is 13.8 Å². The first-order valence-electron chi connectivity index (χ1n) is 14.6. The Morgan fingerprint density at radius 2 is 1.90 bits per heavy atom. The minimum atomic E-state index is -4.31. The summed E-state index contributed by atoms with van der Waals surface area (Å²) in [5, 5.41) is 10.7. The molecule has 6 rings (SSSR count). The highest BCUT2D eigenvalue weighted by molar-refractivity contribution is 7.81. The number of hydrogen-bond donors (Lipinski definition) is 1. The summed E-state index contributed by atoms with van der Waals surface area (Å²) in [6, 6.07) is 0. The number of aliphatic hydroxyl groups excluding tert-OH is 1. The second kappa shape index (κ2) is 10.6. The van der Waals surface area contributed by atoms with Crippen molar-refractivity contribution in [3.8, 4) is 0 Å². The van der Waals surface area contributed by atoms with Crippen molar-refractivity contribution in [1.29, 1.82) is 0 Å². The molecule has 13 heteroatoms. The van der Waals surface area contributed by atoms with Gasteiger partial charge in [0.2, 0.25) is 0 Å². The van der Waals surface area contributed by atoms with Gasteiger partial charge in [-0.25, -0.2) is 13.9 Å². The molecule has 41 heavy (non-hydrogen) atoms. The van der Waals surface area contributed by atoms with Crippen LogP contribution in [-0.2, 0) is 41.7 Å². The summed E-state index contributed by atoms with van der Waals surface area (Å²) in [6.45, 7) is 3.79. The summed E-state index contributed by atoms with van der Waals surface area (Å²) >= 11 is 6.32. The Hall–Kier alpha value is -0.990. The fraction of sp³-hybridized carbons (Fsp3) is 0.821. The summed E-state index contributed by atoms with van der Waals surface area (Å²) in [5.74, 6) is -1.65. The van der Waals surface area contributed by atoms with Gasteiger partial charge in [0.05, 0.1) is 18.8 Å². The molecule has 0 radical (unpaired) electrons. The zero-order chi connectivity index (χ0) is 29.4. The van der Waals surface area contributed by atoms with Gasteiger partial charge in [-0.2, -0.15) is 0 Å². The van der Waals surface area contributed by atoms with Gasteiger partial charge in [0, 0.05) is 11.2 Å². The van der Waals surface area contributed by atoms with Gasteiger partial charge >= 0.3 is 21.6 Å². The summed E-state index contributed by atoms with van der Waals surface area (Å²) in [5.41, 5.74) is 1.27. The quantitative estimate of drug-likeness (QED) is 0.176. The third-order valence-electron chi connectivity index (χ3n) is 10.9. The van der Waals surface area contributed by atoms with Crippen LogP contribution in [0.2, 0.25) is 0 Å². The number of allylic oxidation sites excluding steroid dienone is 1. The Bertz CT molecular complexity index is 1220. The second-order valence-electron chi connectivity index (χ2n) is 13.4. The van der Waals surface area contributed by atoms with E-state index in [0.717, 1.165) is 44.9 Å². The molecule has 4 fully saturated rings. The number of cyclic esters (lactones) is 1. The molecule has 10 atom stereocenters. The number of aliphatic hydroxyl groups is 1. The molecule has 228 valence electrons. The first-order chi connectivity index (χ1) is 19.3. The maximum absolute atomic E-state index is 13.4. The van der Waals surface area contributed by atoms with Crippen LogP contribution in [-0.4, -0.2) is 47.9 Å². The topological polar surface area (TPSA) is 127 Å². The largest absolute Gasteiger partial charge is 0.505 e. The van der Waals surface area contributed by atoms with E-state index >= 15 is 0 Å². The summed E-state index contributed by atoms with van der Waals surface area (Å²) in [7, 11) is -0.255. The van der Waals surface area contributed by atoms with Crippen LogP contribution in [0.4, 0.5) is 0 Å². The lowest BCUT2D eigenvalue weighted by Crippen LogP contribution is -2.51. The molecule has 2 heterocycles. The standard InChI is InChI=1S/C28H39ClO10P2/c1-26(2)34-14-20(36-26)23-22(30)24(25(31)35-23)39-41(29,33)38-21-8-7-18-17-6-5-15-13-16(37-40-32)9-11-27(15,3)19(17)10-12-28(18,21)4/h5,16-21,23,30H,6-14H2,1-4H3/t16-,17?,18?,19?,20?,21-,23?,27-,28-,41?/m0/s1. The monoisotopic (exact) mass is 632 g/mol. The molecule has 4 aliphatic carbocycles. The predicted octanol–water partition coefficient (Wildman–Crippen LogP) is 7.14. The fourth-order valence-corrected chi connectivity index (χ4v) is 10.7. The summed E-state index contributed by atoms with van der Waals surface area (Å²) in [4.78, 5) is 12.6. The van der Waals surface area contributed by atoms with Crippen LogP contribution in [0.25, 0.3) is 0 Å². The number of halogens is 1. The number of esters is 1. The van der Waals surface area contributed by atoms with E-state index in [9.17, 15) is 19.0 Å². The molecule has 10 nitrogen and oxygen atoms in total. The maximum atomic E-state index is 13.4. The van der Waals surface area contributed by atoms with Gasteiger partial charge in [0.1, 0.15) is 6.10 Å². The van der Waals surface area contributed by atoms with Gasteiger partial charge < -0.3 is 23.8 Å². The third-order valence-corrected chi connectivity index (χ3v) is 12.6. The van der Waals surface area contributed by atoms with Crippen LogP contribution in [0, 0.1) is 28.6 Å². The molecular weight excluding hydrogens is 594 g/mol. The Morgan fingerprint density at radius 1 is 1.12 bits per heavy atom. The van der Waals surface area contributed by atoms with Crippen molar-refractivity contribution < 1.29 is 46.8 Å². The minimum Gasteiger partial charge on any atom is -0.505 e. The van der Waals surface area contributed by atoms with Crippen molar-refractivity contribution in [2.45, 2.75) is 109 Å². The Kier molecular flexibility index (Phi) is 7.75. The molecular formula is C28H39ClO10P2. The molecule has 0 amide bonds. The first kappa shape index (κ1) is 30.1. The molecule has 0 aromatic rings. The van der Waals surface area contributed by atoms with Crippen LogP contribution in [0.1, 0.15) is 79.1 Å². The molecule has 0 spiro atoms. The molecule has 1 N–H and O–H groups in total. The SMILES string of the molecule is CC1(C)OCC(C2OC(=O)C(OP(=O)(Cl)O[C@H]3CCC4C5CC=C6C[C@@H](OP=O)CC[C@]6(C)C5CC[C@@]43C)=C2O)O1. The zero-order valence-corrected chi connectivity index (χ0v) is 26.4. The van der Waals surface area contributed by atoms with E-state index in [1.165, 1.54) is 5.57 Å². The number of carbonyl (C=O) groups is 1. The second-order valence-corrected chi connectivity index (χ2v) is 16.3. The normalized spacial score (nSPS) is 45.0. The van der Waals surface area contributed by atoms with Crippen LogP contribution >= 0.6 is 26.9 Å². The lowest BCUT2D eigenvalue weighted by Gasteiger charge is -2.57. The van der Waals surface area contributed by atoms with Gasteiger partial charge in [-0.05, 0) is 93.8 Å². The lowest BCUT2D eigenvalue weighted by atomic mass is 9.48. The number of ether oxygens (including phenoxy) is 3. The Balaban J connectivity index is 1.15. The molecule has 2 aliphatic heterocycles. The van der Waals surface area contributed by atoms with Crippen LogP contribution < -0.4 is 0 Å². The van der Waals surface area contributed by atoms with Gasteiger partial charge in [-0.3, -0.25) is 9.05 Å². The maximum Gasteiger partial charge on any atom is 0.477 e. The van der Waals surface area contributed by atoms with Crippen molar-refractivity contribution in [3.63, 3.8) is 0 Å². The van der Waals surface area contributed by atoms with Gasteiger partial charge in [-0.15, -0.1) is 0 Å². The molecule has 3 saturated carbocycles. The molecule has 0 aromatic heterocycles. The lowest BCUT2D eigenvalue weighted by molar-refractivity contribution is -0.163. The van der Waals surface area contributed by atoms with E-state index in [0.29, 0.717) is 24.2 Å². The highest BCUT2D eigenvalue weighted by Crippen LogP contribution is 2.68. The van der Waals surface area contributed by atoms with Crippen molar-refractivity contribution in [2.24, 2.45) is 28.6 Å². The molecule has 0 bridgehead atoms. The number of rotatable bonds is 7.